The largest absolute Gasteiger partial charge is 0.467 e. The van der Waals surface area contributed by atoms with Crippen LogP contribution >= 0.6 is 22.7 Å². The maximum atomic E-state index is 12.8. The Morgan fingerprint density at radius 2 is 2.08 bits per heavy atom. The third kappa shape index (κ3) is 3.25. The second-order valence-electron chi connectivity index (χ2n) is 5.75. The molecule has 3 heterocycles. The Kier molecular flexibility index (Phi) is 4.42. The number of aryl methyl sites for hydroxylation is 1. The van der Waals surface area contributed by atoms with Crippen molar-refractivity contribution in [2.75, 3.05) is 5.32 Å². The third-order valence-electron chi connectivity index (χ3n) is 4.12. The molecule has 2 N–H and O–H groups in total. The van der Waals surface area contributed by atoms with Crippen LogP contribution in [-0.4, -0.2) is 11.8 Å². The lowest BCUT2D eigenvalue weighted by atomic mass is 10.1. The molecule has 0 spiro atoms. The van der Waals surface area contributed by atoms with Crippen LogP contribution in [0.3, 0.4) is 0 Å². The zero-order chi connectivity index (χ0) is 17.2. The van der Waals surface area contributed by atoms with E-state index in [1.54, 1.807) is 18.4 Å². The van der Waals surface area contributed by atoms with Gasteiger partial charge >= 0.3 is 0 Å². The maximum Gasteiger partial charge on any atom is 0.266 e. The first-order valence-corrected chi connectivity index (χ1v) is 9.72. The summed E-state index contributed by atoms with van der Waals surface area (Å²) < 4.78 is 5.26. The first kappa shape index (κ1) is 16.1. The van der Waals surface area contributed by atoms with Gasteiger partial charge in [0, 0.05) is 4.88 Å². The van der Waals surface area contributed by atoms with Crippen LogP contribution in [-0.2, 0) is 19.4 Å². The number of fused-ring (bicyclic) bond motifs is 1. The summed E-state index contributed by atoms with van der Waals surface area (Å²) in [4.78, 5) is 27.0. The van der Waals surface area contributed by atoms with Crippen LogP contribution in [0.25, 0.3) is 0 Å². The number of amides is 2. The van der Waals surface area contributed by atoms with Crippen LogP contribution < -0.4 is 10.6 Å². The van der Waals surface area contributed by atoms with Gasteiger partial charge in [-0.1, -0.05) is 6.07 Å². The lowest BCUT2D eigenvalue weighted by Crippen LogP contribution is -2.24. The Labute approximate surface area is 152 Å². The van der Waals surface area contributed by atoms with E-state index < -0.39 is 0 Å². The average molecular weight is 372 g/mol. The number of furan rings is 1. The van der Waals surface area contributed by atoms with E-state index in [2.05, 4.69) is 10.6 Å². The van der Waals surface area contributed by atoms with Crippen LogP contribution in [0.4, 0.5) is 5.00 Å². The molecule has 0 aromatic carbocycles. The van der Waals surface area contributed by atoms with Crippen molar-refractivity contribution in [3.8, 4) is 0 Å². The van der Waals surface area contributed by atoms with Crippen LogP contribution in [0.1, 0.15) is 42.7 Å². The quantitative estimate of drug-likeness (QED) is 0.709. The molecule has 1 aliphatic rings. The Morgan fingerprint density at radius 1 is 1.16 bits per heavy atom. The van der Waals surface area contributed by atoms with Gasteiger partial charge in [0.2, 0.25) is 0 Å². The standard InChI is InChI=1S/C18H16N2O3S2/c21-16(14-7-3-9-24-14)20-18-15(12-5-1-6-13(12)25-18)17(22)19-10-11-4-2-8-23-11/h2-4,7-9H,1,5-6,10H2,(H,19,22)(H,20,21). The van der Waals surface area contributed by atoms with Crippen molar-refractivity contribution in [3.63, 3.8) is 0 Å². The third-order valence-corrected chi connectivity index (χ3v) is 6.20. The van der Waals surface area contributed by atoms with Gasteiger partial charge in [0.25, 0.3) is 11.8 Å². The molecule has 1 aliphatic carbocycles. The molecule has 0 bridgehead atoms. The lowest BCUT2D eigenvalue weighted by molar-refractivity contribution is 0.0948. The fourth-order valence-electron chi connectivity index (χ4n) is 2.97. The molecule has 0 atom stereocenters. The molecule has 128 valence electrons. The predicted octanol–water partition coefficient (Wildman–Crippen LogP) is 4.07. The van der Waals surface area contributed by atoms with E-state index in [-0.39, 0.29) is 11.8 Å². The molecule has 2 amide bonds. The topological polar surface area (TPSA) is 71.3 Å². The summed E-state index contributed by atoms with van der Waals surface area (Å²) in [5.41, 5.74) is 1.68. The van der Waals surface area contributed by atoms with Gasteiger partial charge in [0.15, 0.2) is 0 Å². The number of anilines is 1. The number of thiophene rings is 2. The Bertz CT molecular complexity index is 895. The molecule has 0 aliphatic heterocycles. The monoisotopic (exact) mass is 372 g/mol. The maximum absolute atomic E-state index is 12.8. The smallest absolute Gasteiger partial charge is 0.266 e. The molecule has 25 heavy (non-hydrogen) atoms. The molecule has 3 aromatic heterocycles. The van der Waals surface area contributed by atoms with Crippen molar-refractivity contribution in [1.82, 2.24) is 5.32 Å². The highest BCUT2D eigenvalue weighted by Gasteiger charge is 2.27. The highest BCUT2D eigenvalue weighted by atomic mass is 32.1. The van der Waals surface area contributed by atoms with Crippen LogP contribution in [0.2, 0.25) is 0 Å². The molecular weight excluding hydrogens is 356 g/mol. The average Bonchev–Trinajstić information content (AvgIpc) is 3.35. The first-order chi connectivity index (χ1) is 12.2. The van der Waals surface area contributed by atoms with Gasteiger partial charge in [0.1, 0.15) is 10.8 Å². The summed E-state index contributed by atoms with van der Waals surface area (Å²) in [5, 5.41) is 8.31. The molecule has 0 radical (unpaired) electrons. The molecule has 3 aromatic rings. The van der Waals surface area contributed by atoms with E-state index in [9.17, 15) is 9.59 Å². The summed E-state index contributed by atoms with van der Waals surface area (Å²) >= 11 is 2.90. The van der Waals surface area contributed by atoms with E-state index >= 15 is 0 Å². The fourth-order valence-corrected chi connectivity index (χ4v) is 4.87. The van der Waals surface area contributed by atoms with E-state index in [0.29, 0.717) is 27.7 Å². The highest BCUT2D eigenvalue weighted by molar-refractivity contribution is 7.17. The minimum Gasteiger partial charge on any atom is -0.467 e. The van der Waals surface area contributed by atoms with Gasteiger partial charge in [-0.15, -0.1) is 22.7 Å². The van der Waals surface area contributed by atoms with Crippen molar-refractivity contribution in [1.29, 1.82) is 0 Å². The predicted molar refractivity (Wildman–Crippen MR) is 98.5 cm³/mol. The van der Waals surface area contributed by atoms with Crippen LogP contribution in [0, 0.1) is 0 Å². The molecule has 4 rings (SSSR count). The zero-order valence-electron chi connectivity index (χ0n) is 13.3. The van der Waals surface area contributed by atoms with E-state index in [4.69, 9.17) is 4.42 Å². The van der Waals surface area contributed by atoms with Gasteiger partial charge in [-0.05, 0) is 48.4 Å². The number of carbonyl (C=O) groups is 2. The van der Waals surface area contributed by atoms with Crippen LogP contribution in [0.15, 0.2) is 40.3 Å². The summed E-state index contributed by atoms with van der Waals surface area (Å²) in [7, 11) is 0. The number of carbonyl (C=O) groups excluding carboxylic acids is 2. The van der Waals surface area contributed by atoms with Gasteiger partial charge in [-0.3, -0.25) is 9.59 Å². The minimum atomic E-state index is -0.171. The second-order valence-corrected chi connectivity index (χ2v) is 7.81. The van der Waals surface area contributed by atoms with Crippen molar-refractivity contribution >= 4 is 39.5 Å². The molecule has 5 nitrogen and oxygen atoms in total. The molecular formula is C18H16N2O3S2. The molecule has 0 unspecified atom stereocenters. The number of hydrogen-bond donors (Lipinski definition) is 2. The van der Waals surface area contributed by atoms with Gasteiger partial charge < -0.3 is 15.1 Å². The van der Waals surface area contributed by atoms with Crippen molar-refractivity contribution < 1.29 is 14.0 Å². The minimum absolute atomic E-state index is 0.169. The number of hydrogen-bond acceptors (Lipinski definition) is 5. The normalized spacial score (nSPS) is 12.8. The number of rotatable bonds is 5. The van der Waals surface area contributed by atoms with Crippen LogP contribution in [0.5, 0.6) is 0 Å². The zero-order valence-corrected chi connectivity index (χ0v) is 15.0. The van der Waals surface area contributed by atoms with Crippen molar-refractivity contribution in [3.05, 3.63) is 62.6 Å². The summed E-state index contributed by atoms with van der Waals surface area (Å²) in [5.74, 6) is 0.358. The highest BCUT2D eigenvalue weighted by Crippen LogP contribution is 2.39. The summed E-state index contributed by atoms with van der Waals surface area (Å²) in [6.07, 6.45) is 4.48. The van der Waals surface area contributed by atoms with E-state index in [0.717, 1.165) is 24.8 Å². The van der Waals surface area contributed by atoms with E-state index in [1.807, 2.05) is 17.5 Å². The Morgan fingerprint density at radius 3 is 2.84 bits per heavy atom. The fraction of sp³-hybridized carbons (Fsp3) is 0.222. The first-order valence-electron chi connectivity index (χ1n) is 8.02. The molecule has 0 saturated heterocycles. The lowest BCUT2D eigenvalue weighted by Gasteiger charge is -2.08. The van der Waals surface area contributed by atoms with Gasteiger partial charge in [-0.2, -0.15) is 0 Å². The molecule has 7 heteroatoms. The Balaban J connectivity index is 1.57. The van der Waals surface area contributed by atoms with Crippen molar-refractivity contribution in [2.24, 2.45) is 0 Å². The van der Waals surface area contributed by atoms with Gasteiger partial charge in [0.05, 0.1) is 23.2 Å². The Hall–Kier alpha value is -2.38. The second kappa shape index (κ2) is 6.85. The number of nitrogens with one attached hydrogen (secondary N) is 2. The van der Waals surface area contributed by atoms with Gasteiger partial charge in [-0.25, -0.2) is 0 Å². The van der Waals surface area contributed by atoms with Crippen molar-refractivity contribution in [2.45, 2.75) is 25.8 Å². The van der Waals surface area contributed by atoms with E-state index in [1.165, 1.54) is 27.6 Å². The summed E-state index contributed by atoms with van der Waals surface area (Å²) in [6, 6.07) is 7.22. The molecule has 0 fully saturated rings. The summed E-state index contributed by atoms with van der Waals surface area (Å²) in [6.45, 7) is 0.328. The SMILES string of the molecule is O=C(Nc1sc2c(c1C(=O)NCc1ccco1)CCC2)c1cccs1. The molecule has 0 saturated carbocycles.